The highest BCUT2D eigenvalue weighted by Gasteiger charge is 2.35. The summed E-state index contributed by atoms with van der Waals surface area (Å²) in [5.74, 6) is -0.643. The lowest BCUT2D eigenvalue weighted by Crippen LogP contribution is -2.51. The van der Waals surface area contributed by atoms with Crippen LogP contribution in [0.2, 0.25) is 0 Å². The Morgan fingerprint density at radius 1 is 1.38 bits per heavy atom. The summed E-state index contributed by atoms with van der Waals surface area (Å²) < 4.78 is 6.76. The molecule has 0 unspecified atom stereocenters. The highest BCUT2D eigenvalue weighted by atomic mass is 16.4. The van der Waals surface area contributed by atoms with E-state index >= 15 is 0 Å². The zero-order valence-corrected chi connectivity index (χ0v) is 11.5. The monoisotopic (exact) mass is 291 g/mol. The molecule has 1 aliphatic heterocycles. The fourth-order valence-electron chi connectivity index (χ4n) is 2.21. The average molecular weight is 291 g/mol. The van der Waals surface area contributed by atoms with E-state index < -0.39 is 5.97 Å². The molecule has 21 heavy (non-hydrogen) atoms. The van der Waals surface area contributed by atoms with Crippen molar-refractivity contribution in [1.29, 1.82) is 0 Å². The standard InChI is InChI=1S/C12H13N5O4/c1-6-10(21-7(2)13-6)11(18)16-3-8(4-16)17-5-9(12(19)20)14-15-17/h5,8H,3-4H2,1-2H3,(H,19,20). The first-order valence-corrected chi connectivity index (χ1v) is 6.34. The number of likely N-dealkylation sites (tertiary alicyclic amines) is 1. The maximum absolute atomic E-state index is 12.2. The van der Waals surface area contributed by atoms with Crippen molar-refractivity contribution in [2.24, 2.45) is 0 Å². The molecule has 0 aliphatic carbocycles. The Balaban J connectivity index is 1.66. The number of amides is 1. The van der Waals surface area contributed by atoms with Crippen LogP contribution in [0.25, 0.3) is 0 Å². The molecule has 1 saturated heterocycles. The van der Waals surface area contributed by atoms with Crippen LogP contribution in [-0.2, 0) is 0 Å². The maximum atomic E-state index is 12.2. The Hall–Kier alpha value is -2.71. The van der Waals surface area contributed by atoms with E-state index in [0.717, 1.165) is 0 Å². The van der Waals surface area contributed by atoms with Gasteiger partial charge in [-0.1, -0.05) is 5.21 Å². The zero-order chi connectivity index (χ0) is 15.1. The fourth-order valence-corrected chi connectivity index (χ4v) is 2.21. The number of aryl methyl sites for hydroxylation is 2. The van der Waals surface area contributed by atoms with E-state index in [-0.39, 0.29) is 23.4 Å². The molecule has 9 heteroatoms. The molecule has 2 aromatic rings. The number of carbonyl (C=O) groups is 2. The molecule has 0 aromatic carbocycles. The fraction of sp³-hybridized carbons (Fsp3) is 0.417. The number of nitrogens with zero attached hydrogens (tertiary/aromatic N) is 5. The number of hydrogen-bond donors (Lipinski definition) is 1. The summed E-state index contributed by atoms with van der Waals surface area (Å²) in [4.78, 5) is 28.6. The first-order chi connectivity index (χ1) is 9.95. The lowest BCUT2D eigenvalue weighted by atomic mass is 10.1. The molecular weight excluding hydrogens is 278 g/mol. The largest absolute Gasteiger partial charge is 0.476 e. The molecule has 0 spiro atoms. The van der Waals surface area contributed by atoms with E-state index in [9.17, 15) is 9.59 Å². The van der Waals surface area contributed by atoms with Crippen molar-refractivity contribution in [2.45, 2.75) is 19.9 Å². The highest BCUT2D eigenvalue weighted by Crippen LogP contribution is 2.24. The van der Waals surface area contributed by atoms with Crippen LogP contribution in [0.1, 0.15) is 38.7 Å². The van der Waals surface area contributed by atoms with Gasteiger partial charge >= 0.3 is 5.97 Å². The van der Waals surface area contributed by atoms with Gasteiger partial charge in [0.25, 0.3) is 5.91 Å². The van der Waals surface area contributed by atoms with Gasteiger partial charge in [0.05, 0.1) is 17.9 Å². The number of aromatic carboxylic acids is 1. The van der Waals surface area contributed by atoms with Crippen molar-refractivity contribution in [3.8, 4) is 0 Å². The maximum Gasteiger partial charge on any atom is 0.358 e. The number of carbonyl (C=O) groups excluding carboxylic acids is 1. The van der Waals surface area contributed by atoms with E-state index in [2.05, 4.69) is 15.3 Å². The van der Waals surface area contributed by atoms with Gasteiger partial charge in [0.1, 0.15) is 0 Å². The van der Waals surface area contributed by atoms with Crippen LogP contribution in [0, 0.1) is 13.8 Å². The summed E-state index contributed by atoms with van der Waals surface area (Å²) in [6.45, 7) is 4.27. The summed E-state index contributed by atoms with van der Waals surface area (Å²) in [5, 5.41) is 16.1. The van der Waals surface area contributed by atoms with Gasteiger partial charge < -0.3 is 14.4 Å². The zero-order valence-electron chi connectivity index (χ0n) is 11.5. The van der Waals surface area contributed by atoms with Crippen molar-refractivity contribution in [2.75, 3.05) is 13.1 Å². The highest BCUT2D eigenvalue weighted by molar-refractivity contribution is 5.93. The molecule has 9 nitrogen and oxygen atoms in total. The molecule has 0 saturated carbocycles. The summed E-state index contributed by atoms with van der Waals surface area (Å²) in [6.07, 6.45) is 1.36. The number of oxazole rings is 1. The summed E-state index contributed by atoms with van der Waals surface area (Å²) >= 11 is 0. The molecule has 1 aliphatic rings. The second-order valence-corrected chi connectivity index (χ2v) is 4.90. The third-order valence-corrected chi connectivity index (χ3v) is 3.35. The number of hydrogen-bond acceptors (Lipinski definition) is 6. The van der Waals surface area contributed by atoms with Gasteiger partial charge in [-0.05, 0) is 6.92 Å². The first kappa shape index (κ1) is 13.3. The predicted molar refractivity (Wildman–Crippen MR) is 67.9 cm³/mol. The predicted octanol–water partition coefficient (Wildman–Crippen LogP) is 0.278. The molecular formula is C12H13N5O4. The molecule has 0 bridgehead atoms. The van der Waals surface area contributed by atoms with Gasteiger partial charge in [0.15, 0.2) is 11.6 Å². The molecule has 1 N–H and O–H groups in total. The van der Waals surface area contributed by atoms with Gasteiger partial charge in [-0.3, -0.25) is 4.79 Å². The minimum Gasteiger partial charge on any atom is -0.476 e. The van der Waals surface area contributed by atoms with E-state index in [1.807, 2.05) is 0 Å². The lowest BCUT2D eigenvalue weighted by Gasteiger charge is -2.38. The Bertz CT molecular complexity index is 713. The summed E-state index contributed by atoms with van der Waals surface area (Å²) in [5.41, 5.74) is 0.455. The minimum atomic E-state index is -1.12. The molecule has 3 heterocycles. The normalized spacial score (nSPS) is 15.0. The average Bonchev–Trinajstić information content (AvgIpc) is 2.94. The van der Waals surface area contributed by atoms with Crippen LogP contribution in [0.15, 0.2) is 10.6 Å². The SMILES string of the molecule is Cc1nc(C)c(C(=O)N2CC(n3cc(C(=O)O)nn3)C2)o1. The topological polar surface area (TPSA) is 114 Å². The van der Waals surface area contributed by atoms with Crippen LogP contribution in [-0.4, -0.2) is 55.0 Å². The number of aromatic nitrogens is 4. The second kappa shape index (κ2) is 4.69. The molecule has 2 aromatic heterocycles. The van der Waals surface area contributed by atoms with Gasteiger partial charge in [0.2, 0.25) is 5.76 Å². The van der Waals surface area contributed by atoms with Crippen molar-refractivity contribution < 1.29 is 19.1 Å². The van der Waals surface area contributed by atoms with E-state index in [0.29, 0.717) is 24.7 Å². The van der Waals surface area contributed by atoms with E-state index in [1.165, 1.54) is 10.9 Å². The Labute approximate surface area is 119 Å². The Kier molecular flexibility index (Phi) is 2.96. The molecule has 1 amide bonds. The number of carboxylic acids is 1. The second-order valence-electron chi connectivity index (χ2n) is 4.90. The van der Waals surface area contributed by atoms with Gasteiger partial charge in [-0.2, -0.15) is 0 Å². The summed E-state index contributed by atoms with van der Waals surface area (Å²) in [7, 11) is 0. The molecule has 110 valence electrons. The molecule has 1 fully saturated rings. The van der Waals surface area contributed by atoms with E-state index in [1.54, 1.807) is 18.7 Å². The molecule has 0 atom stereocenters. The van der Waals surface area contributed by atoms with Gasteiger partial charge in [-0.25, -0.2) is 14.5 Å². The third kappa shape index (κ3) is 2.26. The lowest BCUT2D eigenvalue weighted by molar-refractivity contribution is 0.0464. The van der Waals surface area contributed by atoms with Crippen molar-refractivity contribution in [1.82, 2.24) is 24.9 Å². The van der Waals surface area contributed by atoms with Crippen LogP contribution in [0.5, 0.6) is 0 Å². The third-order valence-electron chi connectivity index (χ3n) is 3.35. The smallest absolute Gasteiger partial charge is 0.358 e. The molecule has 3 rings (SSSR count). The van der Waals surface area contributed by atoms with Crippen molar-refractivity contribution in [3.05, 3.63) is 29.2 Å². The van der Waals surface area contributed by atoms with E-state index in [4.69, 9.17) is 9.52 Å². The quantitative estimate of drug-likeness (QED) is 0.863. The Morgan fingerprint density at radius 2 is 2.10 bits per heavy atom. The number of carboxylic acid groups (broad SMARTS) is 1. The minimum absolute atomic E-state index is 0.0705. The molecule has 0 radical (unpaired) electrons. The van der Waals surface area contributed by atoms with Gasteiger partial charge in [-0.15, -0.1) is 5.10 Å². The van der Waals surface area contributed by atoms with Crippen molar-refractivity contribution >= 4 is 11.9 Å². The number of rotatable bonds is 3. The van der Waals surface area contributed by atoms with Crippen LogP contribution < -0.4 is 0 Å². The first-order valence-electron chi connectivity index (χ1n) is 6.34. The van der Waals surface area contributed by atoms with Gasteiger partial charge in [0, 0.05) is 20.0 Å². The van der Waals surface area contributed by atoms with Crippen molar-refractivity contribution in [3.63, 3.8) is 0 Å². The Morgan fingerprint density at radius 3 is 2.62 bits per heavy atom. The summed E-state index contributed by atoms with van der Waals surface area (Å²) in [6, 6.07) is -0.0705. The van der Waals surface area contributed by atoms with Crippen LogP contribution >= 0.6 is 0 Å². The van der Waals surface area contributed by atoms with Crippen LogP contribution in [0.4, 0.5) is 0 Å². The van der Waals surface area contributed by atoms with Crippen LogP contribution in [0.3, 0.4) is 0 Å².